The zero-order valence-electron chi connectivity index (χ0n) is 11.8. The maximum Gasteiger partial charge on any atom is 0.216 e. The number of nitrogens with zero attached hydrogens (tertiary/aromatic N) is 3. The number of rotatable bonds is 4. The van der Waals surface area contributed by atoms with Crippen LogP contribution >= 0.6 is 11.3 Å². The smallest absolute Gasteiger partial charge is 0.216 e. The molecular weight excluding hydrogens is 268 g/mol. The summed E-state index contributed by atoms with van der Waals surface area (Å²) in [5.41, 5.74) is 10.6. The fourth-order valence-electron chi connectivity index (χ4n) is 2.30. The predicted octanol–water partition coefficient (Wildman–Crippen LogP) is 2.97. The van der Waals surface area contributed by atoms with Crippen LogP contribution in [0, 0.1) is 13.8 Å². The molecule has 3 rings (SSSR count). The van der Waals surface area contributed by atoms with E-state index >= 15 is 0 Å². The highest BCUT2D eigenvalue weighted by Gasteiger charge is 2.13. The minimum atomic E-state index is 0.679. The molecule has 4 nitrogen and oxygen atoms in total. The number of benzene rings is 1. The monoisotopic (exact) mass is 286 g/mol. The number of hydrogen-bond acceptors (Lipinski definition) is 4. The van der Waals surface area contributed by atoms with Gasteiger partial charge in [0.25, 0.3) is 0 Å². The zero-order valence-corrected chi connectivity index (χ0v) is 12.6. The van der Waals surface area contributed by atoms with Crippen molar-refractivity contribution in [2.45, 2.75) is 26.7 Å². The minimum absolute atomic E-state index is 0.679. The third-order valence-corrected chi connectivity index (χ3v) is 4.44. The van der Waals surface area contributed by atoms with Crippen LogP contribution in [0.25, 0.3) is 16.2 Å². The molecule has 104 valence electrons. The lowest BCUT2D eigenvalue weighted by Crippen LogP contribution is -2.03. The maximum atomic E-state index is 5.60. The van der Waals surface area contributed by atoms with Gasteiger partial charge in [-0.3, -0.25) is 4.40 Å². The first kappa shape index (κ1) is 13.3. The molecule has 2 N–H and O–H groups in total. The molecule has 0 aliphatic carbocycles. The van der Waals surface area contributed by atoms with Crippen molar-refractivity contribution in [1.82, 2.24) is 14.6 Å². The van der Waals surface area contributed by atoms with Crippen LogP contribution in [-0.2, 0) is 6.42 Å². The Morgan fingerprint density at radius 3 is 2.80 bits per heavy atom. The molecule has 2 aromatic heterocycles. The molecule has 0 spiro atoms. The molecule has 0 radical (unpaired) electrons. The SMILES string of the molecule is Cc1ccc(-c2csc3nnc(CCCN)n23)cc1C. The van der Waals surface area contributed by atoms with Gasteiger partial charge < -0.3 is 5.73 Å². The summed E-state index contributed by atoms with van der Waals surface area (Å²) >= 11 is 1.63. The Morgan fingerprint density at radius 1 is 1.20 bits per heavy atom. The quantitative estimate of drug-likeness (QED) is 0.802. The first-order valence-electron chi connectivity index (χ1n) is 6.80. The van der Waals surface area contributed by atoms with E-state index in [0.29, 0.717) is 6.54 Å². The van der Waals surface area contributed by atoms with E-state index in [4.69, 9.17) is 5.73 Å². The Morgan fingerprint density at radius 2 is 2.05 bits per heavy atom. The largest absolute Gasteiger partial charge is 0.330 e. The third-order valence-electron chi connectivity index (χ3n) is 3.62. The van der Waals surface area contributed by atoms with E-state index < -0.39 is 0 Å². The van der Waals surface area contributed by atoms with Crippen molar-refractivity contribution >= 4 is 16.3 Å². The molecule has 0 fully saturated rings. The Hall–Kier alpha value is -1.72. The van der Waals surface area contributed by atoms with Crippen LogP contribution < -0.4 is 5.73 Å². The fraction of sp³-hybridized carbons (Fsp3) is 0.333. The second-order valence-corrected chi connectivity index (χ2v) is 5.88. The Bertz CT molecular complexity index is 741. The summed E-state index contributed by atoms with van der Waals surface area (Å²) in [6.07, 6.45) is 1.80. The molecular formula is C15H18N4S. The highest BCUT2D eigenvalue weighted by Crippen LogP contribution is 2.28. The highest BCUT2D eigenvalue weighted by molar-refractivity contribution is 7.15. The molecule has 20 heavy (non-hydrogen) atoms. The van der Waals surface area contributed by atoms with E-state index in [-0.39, 0.29) is 0 Å². The predicted molar refractivity (Wildman–Crippen MR) is 83.1 cm³/mol. The minimum Gasteiger partial charge on any atom is -0.330 e. The molecule has 0 saturated carbocycles. The van der Waals surface area contributed by atoms with E-state index in [2.05, 4.69) is 52.0 Å². The molecule has 0 amide bonds. The molecule has 3 aromatic rings. The van der Waals surface area contributed by atoms with E-state index in [1.807, 2.05) is 0 Å². The van der Waals surface area contributed by atoms with Crippen molar-refractivity contribution in [3.63, 3.8) is 0 Å². The van der Waals surface area contributed by atoms with Gasteiger partial charge in [-0.2, -0.15) is 0 Å². The van der Waals surface area contributed by atoms with Crippen LogP contribution in [0.2, 0.25) is 0 Å². The molecule has 0 atom stereocenters. The lowest BCUT2D eigenvalue weighted by molar-refractivity contribution is 0.772. The molecule has 5 heteroatoms. The van der Waals surface area contributed by atoms with Gasteiger partial charge in [0.2, 0.25) is 4.96 Å². The highest BCUT2D eigenvalue weighted by atomic mass is 32.1. The Kier molecular flexibility index (Phi) is 3.54. The average molecular weight is 286 g/mol. The first-order chi connectivity index (χ1) is 9.70. The fourth-order valence-corrected chi connectivity index (χ4v) is 3.16. The summed E-state index contributed by atoms with van der Waals surface area (Å²) in [6.45, 7) is 4.95. The molecule has 0 bridgehead atoms. The second-order valence-electron chi connectivity index (χ2n) is 5.05. The van der Waals surface area contributed by atoms with Gasteiger partial charge in [-0.15, -0.1) is 21.5 Å². The summed E-state index contributed by atoms with van der Waals surface area (Å²) < 4.78 is 2.16. The number of nitrogens with two attached hydrogens (primary N) is 1. The van der Waals surface area contributed by atoms with Crippen LogP contribution in [0.4, 0.5) is 0 Å². The standard InChI is InChI=1S/C15H18N4S/c1-10-5-6-12(8-11(10)2)13-9-20-15-18-17-14(19(13)15)4-3-7-16/h5-6,8-9H,3-4,7,16H2,1-2H3. The van der Waals surface area contributed by atoms with Crippen LogP contribution in [0.5, 0.6) is 0 Å². The summed E-state index contributed by atoms with van der Waals surface area (Å²) in [7, 11) is 0. The van der Waals surface area contributed by atoms with Gasteiger partial charge >= 0.3 is 0 Å². The van der Waals surface area contributed by atoms with Crippen molar-refractivity contribution in [3.8, 4) is 11.3 Å². The van der Waals surface area contributed by atoms with Gasteiger partial charge in [0.15, 0.2) is 0 Å². The maximum absolute atomic E-state index is 5.60. The van der Waals surface area contributed by atoms with E-state index in [1.54, 1.807) is 11.3 Å². The summed E-state index contributed by atoms with van der Waals surface area (Å²) in [4.78, 5) is 0.949. The molecule has 0 saturated heterocycles. The number of thiazole rings is 1. The van der Waals surface area contributed by atoms with Crippen LogP contribution in [0.15, 0.2) is 23.6 Å². The Balaban J connectivity index is 2.10. The average Bonchev–Trinajstić information content (AvgIpc) is 3.02. The summed E-state index contributed by atoms with van der Waals surface area (Å²) in [5.74, 6) is 1.000. The van der Waals surface area contributed by atoms with E-state index in [1.165, 1.54) is 22.4 Å². The normalized spacial score (nSPS) is 11.3. The second kappa shape index (κ2) is 5.34. The van der Waals surface area contributed by atoms with Crippen molar-refractivity contribution in [3.05, 3.63) is 40.5 Å². The van der Waals surface area contributed by atoms with Crippen molar-refractivity contribution in [1.29, 1.82) is 0 Å². The third kappa shape index (κ3) is 2.23. The lowest BCUT2D eigenvalue weighted by Gasteiger charge is -2.06. The molecule has 0 aliphatic heterocycles. The van der Waals surface area contributed by atoms with E-state index in [0.717, 1.165) is 23.6 Å². The topological polar surface area (TPSA) is 56.2 Å². The van der Waals surface area contributed by atoms with Gasteiger partial charge in [0, 0.05) is 11.8 Å². The molecule has 2 heterocycles. The van der Waals surface area contributed by atoms with Crippen molar-refractivity contribution < 1.29 is 0 Å². The molecule has 0 unspecified atom stereocenters. The molecule has 0 aliphatic rings. The van der Waals surface area contributed by atoms with Gasteiger partial charge in [-0.05, 0) is 49.6 Å². The summed E-state index contributed by atoms with van der Waals surface area (Å²) in [6, 6.07) is 6.55. The van der Waals surface area contributed by atoms with Crippen LogP contribution in [-0.4, -0.2) is 21.1 Å². The van der Waals surface area contributed by atoms with Crippen LogP contribution in [0.1, 0.15) is 23.4 Å². The zero-order chi connectivity index (χ0) is 14.1. The Labute approximate surface area is 122 Å². The molecule has 1 aromatic carbocycles. The van der Waals surface area contributed by atoms with Gasteiger partial charge in [0.05, 0.1) is 5.69 Å². The number of aryl methyl sites for hydroxylation is 3. The number of hydrogen-bond donors (Lipinski definition) is 1. The van der Waals surface area contributed by atoms with Crippen LogP contribution in [0.3, 0.4) is 0 Å². The van der Waals surface area contributed by atoms with Gasteiger partial charge in [0.1, 0.15) is 5.82 Å². The summed E-state index contributed by atoms with van der Waals surface area (Å²) in [5, 5.41) is 10.7. The van der Waals surface area contributed by atoms with Gasteiger partial charge in [-0.1, -0.05) is 12.1 Å². The number of aromatic nitrogens is 3. The lowest BCUT2D eigenvalue weighted by atomic mass is 10.0. The van der Waals surface area contributed by atoms with Crippen molar-refractivity contribution in [2.24, 2.45) is 5.73 Å². The van der Waals surface area contributed by atoms with Crippen molar-refractivity contribution in [2.75, 3.05) is 6.54 Å². The van der Waals surface area contributed by atoms with E-state index in [9.17, 15) is 0 Å². The van der Waals surface area contributed by atoms with Gasteiger partial charge in [-0.25, -0.2) is 0 Å². The first-order valence-corrected chi connectivity index (χ1v) is 7.68. The number of fused-ring (bicyclic) bond motifs is 1.